The van der Waals surface area contributed by atoms with Gasteiger partial charge in [-0.15, -0.1) is 0 Å². The summed E-state index contributed by atoms with van der Waals surface area (Å²) in [5.41, 5.74) is 0. The lowest BCUT2D eigenvalue weighted by Crippen LogP contribution is -2.23. The quantitative estimate of drug-likeness (QED) is 0.667. The van der Waals surface area contributed by atoms with Crippen molar-refractivity contribution in [2.24, 2.45) is 5.92 Å². The summed E-state index contributed by atoms with van der Waals surface area (Å²) in [6.07, 6.45) is 4.93. The fourth-order valence-corrected chi connectivity index (χ4v) is 3.11. The lowest BCUT2D eigenvalue weighted by Gasteiger charge is -2.08. The standard InChI is InChI=1S/C9H19NS2/c1-11-5-2-4-10-7-9-3-6-12-8-9/h9-10H,2-8H2,1H3. The van der Waals surface area contributed by atoms with Gasteiger partial charge in [0.2, 0.25) is 0 Å². The molecule has 1 heterocycles. The first-order valence-electron chi connectivity index (χ1n) is 4.71. The monoisotopic (exact) mass is 205 g/mol. The van der Waals surface area contributed by atoms with Crippen LogP contribution in [0.1, 0.15) is 12.8 Å². The highest BCUT2D eigenvalue weighted by Crippen LogP contribution is 2.22. The van der Waals surface area contributed by atoms with Gasteiger partial charge in [-0.1, -0.05) is 0 Å². The van der Waals surface area contributed by atoms with Gasteiger partial charge in [-0.2, -0.15) is 23.5 Å². The minimum absolute atomic E-state index is 0.962. The summed E-state index contributed by atoms with van der Waals surface area (Å²) in [7, 11) is 0. The Morgan fingerprint density at radius 1 is 1.58 bits per heavy atom. The third-order valence-corrected chi connectivity index (χ3v) is 4.09. The molecule has 1 N–H and O–H groups in total. The van der Waals surface area contributed by atoms with Crippen LogP contribution in [0.3, 0.4) is 0 Å². The highest BCUT2D eigenvalue weighted by atomic mass is 32.2. The molecule has 0 aromatic heterocycles. The average molecular weight is 205 g/mol. The lowest BCUT2D eigenvalue weighted by atomic mass is 10.1. The number of hydrogen-bond acceptors (Lipinski definition) is 3. The Bertz CT molecular complexity index is 103. The van der Waals surface area contributed by atoms with E-state index in [0.717, 1.165) is 5.92 Å². The van der Waals surface area contributed by atoms with Crippen LogP contribution in [-0.4, -0.2) is 36.6 Å². The zero-order chi connectivity index (χ0) is 8.65. The fraction of sp³-hybridized carbons (Fsp3) is 1.00. The average Bonchev–Trinajstić information content (AvgIpc) is 2.57. The van der Waals surface area contributed by atoms with Crippen molar-refractivity contribution in [3.8, 4) is 0 Å². The molecule has 1 nitrogen and oxygen atoms in total. The first-order valence-corrected chi connectivity index (χ1v) is 7.25. The SMILES string of the molecule is CSCCCNCC1CCSC1. The molecule has 0 saturated carbocycles. The van der Waals surface area contributed by atoms with Crippen LogP contribution in [0.25, 0.3) is 0 Å². The van der Waals surface area contributed by atoms with Crippen molar-refractivity contribution >= 4 is 23.5 Å². The van der Waals surface area contributed by atoms with Crippen molar-refractivity contribution in [3.05, 3.63) is 0 Å². The van der Waals surface area contributed by atoms with Gasteiger partial charge in [-0.3, -0.25) is 0 Å². The van der Waals surface area contributed by atoms with Crippen LogP contribution in [-0.2, 0) is 0 Å². The van der Waals surface area contributed by atoms with E-state index in [2.05, 4.69) is 23.3 Å². The Labute approximate surface area is 84.4 Å². The molecule has 0 radical (unpaired) electrons. The Hall–Kier alpha value is 0.660. The number of thioether (sulfide) groups is 2. The molecule has 0 spiro atoms. The molecule has 1 saturated heterocycles. The minimum atomic E-state index is 0.962. The maximum absolute atomic E-state index is 3.54. The normalized spacial score (nSPS) is 23.2. The summed E-state index contributed by atoms with van der Waals surface area (Å²) < 4.78 is 0. The van der Waals surface area contributed by atoms with Gasteiger partial charge in [-0.05, 0) is 55.4 Å². The van der Waals surface area contributed by atoms with Gasteiger partial charge < -0.3 is 5.32 Å². The van der Waals surface area contributed by atoms with Gasteiger partial charge in [0.05, 0.1) is 0 Å². The van der Waals surface area contributed by atoms with E-state index in [9.17, 15) is 0 Å². The molecule has 72 valence electrons. The number of nitrogens with one attached hydrogen (secondary N) is 1. The largest absolute Gasteiger partial charge is 0.316 e. The summed E-state index contributed by atoms with van der Waals surface area (Å²) in [6.45, 7) is 2.46. The maximum atomic E-state index is 3.54. The third-order valence-electron chi connectivity index (χ3n) is 2.16. The first kappa shape index (κ1) is 10.7. The van der Waals surface area contributed by atoms with Crippen LogP contribution < -0.4 is 5.32 Å². The van der Waals surface area contributed by atoms with Gasteiger partial charge >= 0.3 is 0 Å². The molecule has 1 aliphatic rings. The van der Waals surface area contributed by atoms with E-state index in [0.29, 0.717) is 0 Å². The predicted molar refractivity (Wildman–Crippen MR) is 61.3 cm³/mol. The molecule has 1 atom stereocenters. The van der Waals surface area contributed by atoms with E-state index in [1.54, 1.807) is 0 Å². The van der Waals surface area contributed by atoms with Gasteiger partial charge in [0.25, 0.3) is 0 Å². The van der Waals surface area contributed by atoms with Gasteiger partial charge in [0.15, 0.2) is 0 Å². The van der Waals surface area contributed by atoms with Crippen LogP contribution in [0.2, 0.25) is 0 Å². The molecule has 0 bridgehead atoms. The molecule has 0 aromatic carbocycles. The zero-order valence-corrected chi connectivity index (χ0v) is 9.48. The smallest absolute Gasteiger partial charge is 0.00123 e. The van der Waals surface area contributed by atoms with Gasteiger partial charge in [0.1, 0.15) is 0 Å². The molecule has 3 heteroatoms. The second-order valence-corrected chi connectivity index (χ2v) is 5.42. The molecule has 1 aliphatic heterocycles. The summed E-state index contributed by atoms with van der Waals surface area (Å²) >= 11 is 4.05. The molecule has 0 aromatic rings. The van der Waals surface area contributed by atoms with Crippen molar-refractivity contribution in [2.45, 2.75) is 12.8 Å². The molecule has 1 fully saturated rings. The topological polar surface area (TPSA) is 12.0 Å². The maximum Gasteiger partial charge on any atom is -0.00123 e. The Kier molecular flexibility index (Phi) is 6.35. The van der Waals surface area contributed by atoms with Crippen LogP contribution in [0.15, 0.2) is 0 Å². The highest BCUT2D eigenvalue weighted by molar-refractivity contribution is 7.99. The molecule has 0 aliphatic carbocycles. The Balaban J connectivity index is 1.81. The van der Waals surface area contributed by atoms with Crippen molar-refractivity contribution in [1.82, 2.24) is 5.32 Å². The minimum Gasteiger partial charge on any atom is -0.316 e. The summed E-state index contributed by atoms with van der Waals surface area (Å²) in [4.78, 5) is 0. The van der Waals surface area contributed by atoms with Gasteiger partial charge in [0, 0.05) is 0 Å². The highest BCUT2D eigenvalue weighted by Gasteiger charge is 2.13. The van der Waals surface area contributed by atoms with Crippen LogP contribution in [0.4, 0.5) is 0 Å². The molecule has 12 heavy (non-hydrogen) atoms. The number of rotatable bonds is 6. The van der Waals surface area contributed by atoms with Crippen LogP contribution >= 0.6 is 23.5 Å². The second-order valence-electron chi connectivity index (χ2n) is 3.28. The fourth-order valence-electron chi connectivity index (χ4n) is 1.39. The summed E-state index contributed by atoms with van der Waals surface area (Å²) in [5, 5.41) is 3.54. The summed E-state index contributed by atoms with van der Waals surface area (Å²) in [5.74, 6) is 5.03. The van der Waals surface area contributed by atoms with Gasteiger partial charge in [-0.25, -0.2) is 0 Å². The number of hydrogen-bond donors (Lipinski definition) is 1. The van der Waals surface area contributed by atoms with E-state index in [-0.39, 0.29) is 0 Å². The molecular formula is C9H19NS2. The third kappa shape index (κ3) is 4.63. The molecule has 1 rings (SSSR count). The van der Waals surface area contributed by atoms with E-state index in [4.69, 9.17) is 0 Å². The van der Waals surface area contributed by atoms with Crippen molar-refractivity contribution in [1.29, 1.82) is 0 Å². The van der Waals surface area contributed by atoms with Crippen molar-refractivity contribution < 1.29 is 0 Å². The predicted octanol–water partition coefficient (Wildman–Crippen LogP) is 2.08. The Morgan fingerprint density at radius 3 is 3.17 bits per heavy atom. The van der Waals surface area contributed by atoms with Crippen molar-refractivity contribution in [3.63, 3.8) is 0 Å². The molecule has 0 amide bonds. The second kappa shape index (κ2) is 7.10. The van der Waals surface area contributed by atoms with E-state index < -0.39 is 0 Å². The Morgan fingerprint density at radius 2 is 2.50 bits per heavy atom. The molecular weight excluding hydrogens is 186 g/mol. The molecule has 1 unspecified atom stereocenters. The van der Waals surface area contributed by atoms with Crippen LogP contribution in [0, 0.1) is 5.92 Å². The van der Waals surface area contributed by atoms with Crippen molar-refractivity contribution in [2.75, 3.05) is 36.6 Å². The lowest BCUT2D eigenvalue weighted by molar-refractivity contribution is 0.523. The summed E-state index contributed by atoms with van der Waals surface area (Å²) in [6, 6.07) is 0. The van der Waals surface area contributed by atoms with E-state index >= 15 is 0 Å². The van der Waals surface area contributed by atoms with E-state index in [1.165, 1.54) is 43.2 Å². The van der Waals surface area contributed by atoms with Crippen LogP contribution in [0.5, 0.6) is 0 Å². The zero-order valence-electron chi connectivity index (χ0n) is 7.84. The first-order chi connectivity index (χ1) is 5.93. The van der Waals surface area contributed by atoms with E-state index in [1.807, 2.05) is 11.8 Å².